The molecule has 1 aromatic carbocycles. The summed E-state index contributed by atoms with van der Waals surface area (Å²) < 4.78 is 7.52. The van der Waals surface area contributed by atoms with Crippen LogP contribution >= 0.6 is 0 Å². The third kappa shape index (κ3) is 5.05. The third-order valence-corrected chi connectivity index (χ3v) is 3.03. The van der Waals surface area contributed by atoms with Crippen LogP contribution in [0.1, 0.15) is 25.3 Å². The molecule has 4 heteroatoms. The first-order valence-electron chi connectivity index (χ1n) is 7.28. The minimum atomic E-state index is 0.783. The van der Waals surface area contributed by atoms with Crippen LogP contribution in [-0.2, 0) is 13.1 Å². The molecule has 1 aromatic heterocycles. The van der Waals surface area contributed by atoms with Gasteiger partial charge in [-0.3, -0.25) is 4.68 Å². The molecule has 2 aromatic rings. The van der Waals surface area contributed by atoms with Crippen LogP contribution in [0, 0.1) is 0 Å². The molecule has 0 saturated carbocycles. The van der Waals surface area contributed by atoms with Gasteiger partial charge in [0.25, 0.3) is 0 Å². The summed E-state index contributed by atoms with van der Waals surface area (Å²) in [5.41, 5.74) is 1.29. The Kier molecular flexibility index (Phi) is 6.11. The number of hydrogen-bond acceptors (Lipinski definition) is 3. The number of nitrogens with one attached hydrogen (secondary N) is 1. The van der Waals surface area contributed by atoms with Crippen LogP contribution in [0.25, 0.3) is 0 Å². The lowest BCUT2D eigenvalue weighted by molar-refractivity contribution is 0.317. The molecule has 0 aliphatic carbocycles. The number of hydrogen-bond donors (Lipinski definition) is 1. The van der Waals surface area contributed by atoms with Crippen molar-refractivity contribution in [2.24, 2.45) is 0 Å². The van der Waals surface area contributed by atoms with E-state index in [1.165, 1.54) is 5.56 Å². The molecule has 0 bridgehead atoms. The summed E-state index contributed by atoms with van der Waals surface area (Å²) in [6.45, 7) is 5.75. The maximum atomic E-state index is 5.56. The molecule has 0 atom stereocenters. The normalized spacial score (nSPS) is 10.7. The van der Waals surface area contributed by atoms with Crippen molar-refractivity contribution in [3.8, 4) is 5.75 Å². The fourth-order valence-corrected chi connectivity index (χ4v) is 1.95. The molecule has 1 N–H and O–H groups in total. The zero-order valence-electron chi connectivity index (χ0n) is 12.1. The predicted molar refractivity (Wildman–Crippen MR) is 80.8 cm³/mol. The second kappa shape index (κ2) is 8.38. The van der Waals surface area contributed by atoms with Gasteiger partial charge in [0.05, 0.1) is 6.61 Å². The summed E-state index contributed by atoms with van der Waals surface area (Å²) >= 11 is 0. The van der Waals surface area contributed by atoms with Crippen molar-refractivity contribution in [3.63, 3.8) is 0 Å². The van der Waals surface area contributed by atoms with Crippen molar-refractivity contribution < 1.29 is 4.74 Å². The quantitative estimate of drug-likeness (QED) is 0.714. The maximum absolute atomic E-state index is 5.56. The Labute approximate surface area is 120 Å². The number of aromatic nitrogens is 2. The van der Waals surface area contributed by atoms with Gasteiger partial charge in [0, 0.05) is 25.5 Å². The number of benzene rings is 1. The highest BCUT2D eigenvalue weighted by atomic mass is 16.5. The molecule has 1 heterocycles. The molecule has 2 rings (SSSR count). The van der Waals surface area contributed by atoms with Gasteiger partial charge in [-0.1, -0.05) is 19.1 Å². The molecule has 0 fully saturated rings. The molecule has 0 unspecified atom stereocenters. The van der Waals surface area contributed by atoms with Gasteiger partial charge in [-0.25, -0.2) is 0 Å². The van der Waals surface area contributed by atoms with E-state index in [9.17, 15) is 0 Å². The van der Waals surface area contributed by atoms with Gasteiger partial charge in [-0.15, -0.1) is 0 Å². The van der Waals surface area contributed by atoms with Gasteiger partial charge >= 0.3 is 0 Å². The Morgan fingerprint density at radius 2 is 2.10 bits per heavy atom. The summed E-state index contributed by atoms with van der Waals surface area (Å²) in [6, 6.07) is 10.3. The Hall–Kier alpha value is -1.81. The van der Waals surface area contributed by atoms with Crippen molar-refractivity contribution in [3.05, 3.63) is 48.3 Å². The number of aryl methyl sites for hydroxylation is 1. The van der Waals surface area contributed by atoms with E-state index in [0.717, 1.165) is 44.8 Å². The van der Waals surface area contributed by atoms with E-state index in [1.807, 2.05) is 35.3 Å². The van der Waals surface area contributed by atoms with E-state index >= 15 is 0 Å². The first-order valence-corrected chi connectivity index (χ1v) is 7.28. The summed E-state index contributed by atoms with van der Waals surface area (Å²) in [4.78, 5) is 0. The fraction of sp³-hybridized carbons (Fsp3) is 0.438. The van der Waals surface area contributed by atoms with Crippen molar-refractivity contribution >= 4 is 0 Å². The SMILES string of the molecule is CCCOc1ccc(CNCCCn2cccn2)cc1. The van der Waals surface area contributed by atoms with Crippen molar-refractivity contribution in [2.75, 3.05) is 13.2 Å². The highest BCUT2D eigenvalue weighted by molar-refractivity contribution is 5.27. The topological polar surface area (TPSA) is 39.1 Å². The molecular weight excluding hydrogens is 250 g/mol. The van der Waals surface area contributed by atoms with E-state index in [0.29, 0.717) is 0 Å². The molecule has 0 radical (unpaired) electrons. The number of rotatable bonds is 9. The summed E-state index contributed by atoms with van der Waals surface area (Å²) in [5.74, 6) is 0.953. The van der Waals surface area contributed by atoms with Crippen LogP contribution in [0.15, 0.2) is 42.7 Å². The van der Waals surface area contributed by atoms with Crippen LogP contribution < -0.4 is 10.1 Å². The van der Waals surface area contributed by atoms with Gasteiger partial charge in [-0.05, 0) is 43.1 Å². The molecule has 0 aliphatic rings. The minimum absolute atomic E-state index is 0.783. The van der Waals surface area contributed by atoms with E-state index in [-0.39, 0.29) is 0 Å². The van der Waals surface area contributed by atoms with Crippen molar-refractivity contribution in [1.82, 2.24) is 15.1 Å². The maximum Gasteiger partial charge on any atom is 0.119 e. The second-order valence-electron chi connectivity index (χ2n) is 4.79. The molecule has 20 heavy (non-hydrogen) atoms. The van der Waals surface area contributed by atoms with Gasteiger partial charge in [0.15, 0.2) is 0 Å². The van der Waals surface area contributed by atoms with Crippen LogP contribution in [0.2, 0.25) is 0 Å². The van der Waals surface area contributed by atoms with Gasteiger partial charge in [0.2, 0.25) is 0 Å². The highest BCUT2D eigenvalue weighted by Crippen LogP contribution is 2.12. The Morgan fingerprint density at radius 3 is 2.80 bits per heavy atom. The number of nitrogens with zero attached hydrogens (tertiary/aromatic N) is 2. The molecule has 0 saturated heterocycles. The van der Waals surface area contributed by atoms with Crippen LogP contribution in [0.5, 0.6) is 5.75 Å². The lowest BCUT2D eigenvalue weighted by atomic mass is 10.2. The van der Waals surface area contributed by atoms with E-state index in [2.05, 4.69) is 29.5 Å². The Bertz CT molecular complexity index is 465. The molecule has 0 spiro atoms. The van der Waals surface area contributed by atoms with Crippen molar-refractivity contribution in [1.29, 1.82) is 0 Å². The average Bonchev–Trinajstić information content (AvgIpc) is 2.99. The smallest absolute Gasteiger partial charge is 0.119 e. The predicted octanol–water partition coefficient (Wildman–Crippen LogP) is 2.85. The van der Waals surface area contributed by atoms with Crippen molar-refractivity contribution in [2.45, 2.75) is 32.9 Å². The zero-order valence-corrected chi connectivity index (χ0v) is 12.1. The van der Waals surface area contributed by atoms with E-state index < -0.39 is 0 Å². The van der Waals surface area contributed by atoms with Gasteiger partial charge in [-0.2, -0.15) is 5.10 Å². The first kappa shape index (κ1) is 14.6. The van der Waals surface area contributed by atoms with Crippen LogP contribution in [0.3, 0.4) is 0 Å². The van der Waals surface area contributed by atoms with Gasteiger partial charge in [0.1, 0.15) is 5.75 Å². The summed E-state index contributed by atoms with van der Waals surface area (Å²) in [5, 5.41) is 7.63. The Morgan fingerprint density at radius 1 is 1.25 bits per heavy atom. The fourth-order valence-electron chi connectivity index (χ4n) is 1.95. The molecular formula is C16H23N3O. The summed E-state index contributed by atoms with van der Waals surface area (Å²) in [6.07, 6.45) is 5.93. The minimum Gasteiger partial charge on any atom is -0.494 e. The third-order valence-electron chi connectivity index (χ3n) is 3.03. The van der Waals surface area contributed by atoms with Crippen LogP contribution in [0.4, 0.5) is 0 Å². The van der Waals surface area contributed by atoms with Crippen LogP contribution in [-0.4, -0.2) is 22.9 Å². The molecule has 0 amide bonds. The Balaban J connectivity index is 1.61. The molecule has 4 nitrogen and oxygen atoms in total. The number of ether oxygens (including phenoxy) is 1. The average molecular weight is 273 g/mol. The zero-order chi connectivity index (χ0) is 14.0. The molecule has 108 valence electrons. The van der Waals surface area contributed by atoms with E-state index in [4.69, 9.17) is 4.74 Å². The highest BCUT2D eigenvalue weighted by Gasteiger charge is 1.96. The monoisotopic (exact) mass is 273 g/mol. The largest absolute Gasteiger partial charge is 0.494 e. The molecule has 0 aliphatic heterocycles. The first-order chi connectivity index (χ1) is 9.88. The lowest BCUT2D eigenvalue weighted by Gasteiger charge is -2.07. The van der Waals surface area contributed by atoms with E-state index in [1.54, 1.807) is 0 Å². The second-order valence-corrected chi connectivity index (χ2v) is 4.79. The lowest BCUT2D eigenvalue weighted by Crippen LogP contribution is -2.16. The standard InChI is InChI=1S/C16H23N3O/c1-2-13-20-16-7-5-15(6-8-16)14-17-9-3-11-19-12-4-10-18-19/h4-8,10,12,17H,2-3,9,11,13-14H2,1H3. The summed E-state index contributed by atoms with van der Waals surface area (Å²) in [7, 11) is 0. The van der Waals surface area contributed by atoms with Gasteiger partial charge < -0.3 is 10.1 Å².